The lowest BCUT2D eigenvalue weighted by Crippen LogP contribution is -2.20. The summed E-state index contributed by atoms with van der Waals surface area (Å²) in [4.78, 5) is 36.2. The molecule has 0 aromatic rings. The summed E-state index contributed by atoms with van der Waals surface area (Å²) in [7, 11) is 0. The average Bonchev–Trinajstić information content (AvgIpc) is 2.83. The molecule has 0 saturated heterocycles. The molecule has 0 aromatic carbocycles. The van der Waals surface area contributed by atoms with Gasteiger partial charge in [0.1, 0.15) is 0 Å². The highest BCUT2D eigenvalue weighted by Gasteiger charge is 2.28. The van der Waals surface area contributed by atoms with E-state index in [0.717, 1.165) is 36.8 Å². The number of anilines is 1. The van der Waals surface area contributed by atoms with Crippen LogP contribution in [-0.2, 0) is 27.2 Å². The van der Waals surface area contributed by atoms with Gasteiger partial charge in [-0.1, -0.05) is 50.5 Å². The second-order valence-electron chi connectivity index (χ2n) is 7.22. The Hall–Kier alpha value is -2.93. The topological polar surface area (TPSA) is 105 Å². The highest BCUT2D eigenvalue weighted by molar-refractivity contribution is 6.10. The number of hydroxylamine groups is 1. The maximum atomic E-state index is 12.8. The van der Waals surface area contributed by atoms with Gasteiger partial charge in [-0.25, -0.2) is 10.3 Å². The van der Waals surface area contributed by atoms with Crippen LogP contribution in [0.5, 0.6) is 0 Å². The van der Waals surface area contributed by atoms with Crippen LogP contribution in [0.1, 0.15) is 67.9 Å². The minimum absolute atomic E-state index is 0.00685. The van der Waals surface area contributed by atoms with Crippen molar-refractivity contribution in [1.82, 2.24) is 5.48 Å². The number of ether oxygens (including phenoxy) is 1. The number of nitrogens with one attached hydrogen (secondary N) is 2. The van der Waals surface area contributed by atoms with E-state index in [2.05, 4.69) is 12.2 Å². The predicted molar refractivity (Wildman–Crippen MR) is 115 cm³/mol. The number of unbranched alkanes of at least 4 members (excludes halogenated alkanes) is 3. The summed E-state index contributed by atoms with van der Waals surface area (Å²) in [5, 5.41) is 11.6. The molecule has 162 valence electrons. The summed E-state index contributed by atoms with van der Waals surface area (Å²) in [6, 6.07) is 7.15. The summed E-state index contributed by atoms with van der Waals surface area (Å²) in [5.74, 6) is -1.27. The van der Waals surface area contributed by atoms with Gasteiger partial charge in [-0.2, -0.15) is 0 Å². The summed E-state index contributed by atoms with van der Waals surface area (Å²) < 4.78 is 5.27. The van der Waals surface area contributed by atoms with Crippen LogP contribution >= 0.6 is 0 Å². The molecule has 0 bridgehead atoms. The number of esters is 1. The lowest BCUT2D eigenvalue weighted by Gasteiger charge is -2.09. The van der Waals surface area contributed by atoms with Gasteiger partial charge in [0.15, 0.2) is 0 Å². The van der Waals surface area contributed by atoms with Crippen molar-refractivity contribution in [3.8, 4) is 11.1 Å². The van der Waals surface area contributed by atoms with Gasteiger partial charge in [-0.05, 0) is 42.0 Å². The molecular formula is C23H30N2O5. The Bertz CT molecular complexity index is 878. The zero-order valence-electron chi connectivity index (χ0n) is 17.8. The molecular weight excluding hydrogens is 384 g/mol. The molecule has 2 aliphatic rings. The number of hydrogen-bond donors (Lipinski definition) is 3. The second kappa shape index (κ2) is 11.3. The number of carbonyl (C=O) groups excluding carboxylic acids is 3. The van der Waals surface area contributed by atoms with E-state index in [-0.39, 0.29) is 18.9 Å². The minimum atomic E-state index is -0.523. The Labute approximate surface area is 177 Å². The molecule has 0 aliphatic heterocycles. The van der Waals surface area contributed by atoms with Crippen LogP contribution in [0.3, 0.4) is 0 Å². The summed E-state index contributed by atoms with van der Waals surface area (Å²) in [5.41, 5.74) is 5.56. The summed E-state index contributed by atoms with van der Waals surface area (Å²) in [6.45, 7) is 5.51. The Balaban J connectivity index is 2.62. The van der Waals surface area contributed by atoms with Crippen molar-refractivity contribution in [1.29, 1.82) is 0 Å². The van der Waals surface area contributed by atoms with Gasteiger partial charge in [0, 0.05) is 6.92 Å². The Morgan fingerprint density at radius 3 is 2.30 bits per heavy atom. The third-order valence-corrected chi connectivity index (χ3v) is 4.91. The van der Waals surface area contributed by atoms with Crippen LogP contribution in [0.25, 0.3) is 11.1 Å². The van der Waals surface area contributed by atoms with Gasteiger partial charge < -0.3 is 10.1 Å². The molecule has 0 heterocycles. The van der Waals surface area contributed by atoms with Gasteiger partial charge in [0.05, 0.1) is 24.3 Å². The molecule has 0 atom stereocenters. The summed E-state index contributed by atoms with van der Waals surface area (Å²) in [6.07, 6.45) is 4.93. The van der Waals surface area contributed by atoms with Crippen molar-refractivity contribution in [3.05, 3.63) is 41.0 Å². The van der Waals surface area contributed by atoms with E-state index in [1.807, 2.05) is 6.07 Å². The molecule has 3 N–H and O–H groups in total. The predicted octanol–water partition coefficient (Wildman–Crippen LogP) is 4.10. The third-order valence-electron chi connectivity index (χ3n) is 4.91. The number of hydrogen-bond acceptors (Lipinski definition) is 5. The Kier molecular flexibility index (Phi) is 8.80. The van der Waals surface area contributed by atoms with Crippen molar-refractivity contribution in [2.45, 2.75) is 59.3 Å². The Morgan fingerprint density at radius 1 is 1.00 bits per heavy atom. The highest BCUT2D eigenvalue weighted by atomic mass is 16.5. The average molecular weight is 415 g/mol. The second-order valence-corrected chi connectivity index (χ2v) is 7.22. The first kappa shape index (κ1) is 23.3. The molecule has 0 aromatic heterocycles. The van der Waals surface area contributed by atoms with E-state index in [1.165, 1.54) is 6.92 Å². The molecule has 2 rings (SSSR count). The van der Waals surface area contributed by atoms with Crippen LogP contribution in [0.15, 0.2) is 24.3 Å². The fourth-order valence-electron chi connectivity index (χ4n) is 3.58. The molecule has 7 nitrogen and oxygen atoms in total. The van der Waals surface area contributed by atoms with Crippen LogP contribution < -0.4 is 10.8 Å². The number of carbonyl (C=O) groups is 3. The molecule has 30 heavy (non-hydrogen) atoms. The smallest absolute Gasteiger partial charge is 0.340 e. The highest BCUT2D eigenvalue weighted by Crippen LogP contribution is 2.42. The zero-order chi connectivity index (χ0) is 22.1. The maximum absolute atomic E-state index is 12.8. The molecule has 0 unspecified atom stereocenters. The van der Waals surface area contributed by atoms with Gasteiger partial charge in [-0.15, -0.1) is 0 Å². The van der Waals surface area contributed by atoms with Gasteiger partial charge in [-0.3, -0.25) is 14.8 Å². The third kappa shape index (κ3) is 5.79. The van der Waals surface area contributed by atoms with Crippen molar-refractivity contribution in [2.24, 2.45) is 0 Å². The monoisotopic (exact) mass is 414 g/mol. The van der Waals surface area contributed by atoms with Crippen LogP contribution in [0.2, 0.25) is 0 Å². The van der Waals surface area contributed by atoms with Crippen LogP contribution in [0.4, 0.5) is 5.69 Å². The van der Waals surface area contributed by atoms with Crippen molar-refractivity contribution in [2.75, 3.05) is 11.9 Å². The van der Waals surface area contributed by atoms with Crippen molar-refractivity contribution < 1.29 is 24.3 Å². The van der Waals surface area contributed by atoms with E-state index in [1.54, 1.807) is 30.6 Å². The van der Waals surface area contributed by atoms with Crippen LogP contribution in [0, 0.1) is 0 Å². The van der Waals surface area contributed by atoms with E-state index in [4.69, 9.17) is 9.94 Å². The SMILES string of the molecule is CCCCCCc1c2ccc(CC(=O)NO)ccc-2c(C(=O)OCC)c1NC(C)=O. The number of fused-ring (bicyclic) bond motifs is 1. The van der Waals surface area contributed by atoms with Crippen molar-refractivity contribution in [3.63, 3.8) is 0 Å². The molecule has 7 heteroatoms. The minimum Gasteiger partial charge on any atom is -0.462 e. The fraction of sp³-hybridized carbons (Fsp3) is 0.435. The first-order valence-corrected chi connectivity index (χ1v) is 10.4. The van der Waals surface area contributed by atoms with E-state index in [9.17, 15) is 14.4 Å². The summed E-state index contributed by atoms with van der Waals surface area (Å²) >= 11 is 0. The largest absolute Gasteiger partial charge is 0.462 e. The first-order valence-electron chi connectivity index (χ1n) is 10.4. The fourth-order valence-corrected chi connectivity index (χ4v) is 3.58. The normalized spacial score (nSPS) is 10.7. The van der Waals surface area contributed by atoms with Gasteiger partial charge >= 0.3 is 5.97 Å². The van der Waals surface area contributed by atoms with Gasteiger partial charge in [0.25, 0.3) is 0 Å². The molecule has 0 radical (unpaired) electrons. The standard InChI is InChI=1S/C23H30N2O5/c1-4-6-7-8-9-19-17-12-10-16(14-20(27)25-29)11-13-18(17)21(23(28)30-5-2)22(19)24-15(3)26/h10-13,29H,4-9,14H2,1-3H3,(H,24,26)(H,25,27). The first-order chi connectivity index (χ1) is 14.4. The molecule has 2 aliphatic carbocycles. The number of rotatable bonds is 10. The van der Waals surface area contributed by atoms with E-state index < -0.39 is 11.9 Å². The van der Waals surface area contributed by atoms with Gasteiger partial charge in [0.2, 0.25) is 11.8 Å². The molecule has 0 fully saturated rings. The quantitative estimate of drug-likeness (QED) is 0.235. The van der Waals surface area contributed by atoms with Crippen molar-refractivity contribution >= 4 is 23.5 Å². The lowest BCUT2D eigenvalue weighted by atomic mass is 10.0. The van der Waals surface area contributed by atoms with E-state index in [0.29, 0.717) is 28.8 Å². The lowest BCUT2D eigenvalue weighted by molar-refractivity contribution is -0.128. The maximum Gasteiger partial charge on any atom is 0.340 e. The zero-order valence-corrected chi connectivity index (χ0v) is 17.8. The molecule has 0 saturated carbocycles. The molecule has 0 spiro atoms. The van der Waals surface area contributed by atoms with Crippen LogP contribution in [-0.4, -0.2) is 29.6 Å². The molecule has 2 amide bonds. The van der Waals surface area contributed by atoms with E-state index >= 15 is 0 Å². The Morgan fingerprint density at radius 2 is 1.70 bits per heavy atom. The number of amides is 2.